The molecule has 0 radical (unpaired) electrons. The highest BCUT2D eigenvalue weighted by Crippen LogP contribution is 2.29. The molecular weight excluding hydrogens is 351 g/mol. The molecule has 1 unspecified atom stereocenters. The largest absolute Gasteiger partial charge is 0.399 e. The molecule has 0 saturated carbocycles. The molecule has 114 valence electrons. The Kier molecular flexibility index (Phi) is 5.93. The summed E-state index contributed by atoms with van der Waals surface area (Å²) < 4.78 is 45.4. The number of benzene rings is 1. The summed E-state index contributed by atoms with van der Waals surface area (Å²) in [6, 6.07) is 2.04. The first kappa shape index (κ1) is 17.4. The fourth-order valence-electron chi connectivity index (χ4n) is 1.94. The number of halogens is 2. The molecule has 0 aliphatic carbocycles. The zero-order valence-electron chi connectivity index (χ0n) is 11.6. The van der Waals surface area contributed by atoms with Crippen LogP contribution in [0.2, 0.25) is 0 Å². The number of methoxy groups -OCH3 is 1. The lowest BCUT2D eigenvalue weighted by Crippen LogP contribution is -2.41. The van der Waals surface area contributed by atoms with Gasteiger partial charge in [0.1, 0.15) is 4.90 Å². The topological polar surface area (TPSA) is 72.6 Å². The van der Waals surface area contributed by atoms with Gasteiger partial charge in [0.25, 0.3) is 0 Å². The maximum Gasteiger partial charge on any atom is 0.246 e. The van der Waals surface area contributed by atoms with Crippen LogP contribution >= 0.6 is 15.9 Å². The average Bonchev–Trinajstić information content (AvgIpc) is 2.34. The molecule has 0 saturated heterocycles. The maximum absolute atomic E-state index is 14.1. The summed E-state index contributed by atoms with van der Waals surface area (Å²) in [5.41, 5.74) is 5.77. The highest BCUT2D eigenvalue weighted by molar-refractivity contribution is 9.10. The van der Waals surface area contributed by atoms with E-state index in [9.17, 15) is 12.8 Å². The summed E-state index contributed by atoms with van der Waals surface area (Å²) in [6.45, 7) is 3.81. The van der Waals surface area contributed by atoms with Gasteiger partial charge >= 0.3 is 0 Å². The van der Waals surface area contributed by atoms with E-state index in [1.807, 2.05) is 0 Å². The van der Waals surface area contributed by atoms with Crippen molar-refractivity contribution in [1.82, 2.24) is 4.31 Å². The number of rotatable bonds is 6. The van der Waals surface area contributed by atoms with Gasteiger partial charge in [0.15, 0.2) is 5.82 Å². The van der Waals surface area contributed by atoms with Crippen LogP contribution in [0.15, 0.2) is 21.5 Å². The summed E-state index contributed by atoms with van der Waals surface area (Å²) in [6.07, 6.45) is 0. The van der Waals surface area contributed by atoms with E-state index >= 15 is 0 Å². The predicted molar refractivity (Wildman–Crippen MR) is 79.4 cm³/mol. The number of nitrogens with zero attached hydrogens (tertiary/aromatic N) is 1. The molecule has 1 aromatic carbocycles. The van der Waals surface area contributed by atoms with Crippen LogP contribution in [0, 0.1) is 5.82 Å². The quantitative estimate of drug-likeness (QED) is 0.781. The molecule has 20 heavy (non-hydrogen) atoms. The van der Waals surface area contributed by atoms with Crippen molar-refractivity contribution in [2.24, 2.45) is 0 Å². The minimum atomic E-state index is -3.98. The number of sulfonamides is 1. The molecule has 0 fully saturated rings. The summed E-state index contributed by atoms with van der Waals surface area (Å²) >= 11 is 2.97. The molecule has 0 heterocycles. The number of ether oxygens (including phenoxy) is 1. The van der Waals surface area contributed by atoms with Crippen LogP contribution in [0.4, 0.5) is 10.1 Å². The lowest BCUT2D eigenvalue weighted by molar-refractivity contribution is 0.142. The van der Waals surface area contributed by atoms with Crippen molar-refractivity contribution in [3.05, 3.63) is 22.4 Å². The lowest BCUT2D eigenvalue weighted by Gasteiger charge is -2.27. The van der Waals surface area contributed by atoms with Crippen molar-refractivity contribution in [3.8, 4) is 0 Å². The van der Waals surface area contributed by atoms with Gasteiger partial charge < -0.3 is 10.5 Å². The van der Waals surface area contributed by atoms with E-state index < -0.39 is 26.8 Å². The van der Waals surface area contributed by atoms with Gasteiger partial charge in [-0.05, 0) is 35.0 Å². The lowest BCUT2D eigenvalue weighted by atomic mass is 10.3. The van der Waals surface area contributed by atoms with Gasteiger partial charge in [0.05, 0.1) is 11.1 Å². The van der Waals surface area contributed by atoms with Crippen LogP contribution < -0.4 is 5.73 Å². The highest BCUT2D eigenvalue weighted by atomic mass is 79.9. The Labute approximate surface area is 127 Å². The van der Waals surface area contributed by atoms with Crippen molar-refractivity contribution in [3.63, 3.8) is 0 Å². The Morgan fingerprint density at radius 3 is 2.60 bits per heavy atom. The van der Waals surface area contributed by atoms with Gasteiger partial charge in [-0.15, -0.1) is 0 Å². The summed E-state index contributed by atoms with van der Waals surface area (Å²) in [7, 11) is -2.50. The normalized spacial score (nSPS) is 13.7. The molecule has 1 atom stereocenters. The Hall–Kier alpha value is -0.700. The van der Waals surface area contributed by atoms with Gasteiger partial charge in [-0.1, -0.05) is 6.92 Å². The summed E-state index contributed by atoms with van der Waals surface area (Å²) in [5, 5.41) is 0. The second-order valence-corrected chi connectivity index (χ2v) is 7.04. The second-order valence-electron chi connectivity index (χ2n) is 4.33. The molecule has 8 heteroatoms. The molecule has 5 nitrogen and oxygen atoms in total. The van der Waals surface area contributed by atoms with Crippen molar-refractivity contribution in [2.45, 2.75) is 24.8 Å². The van der Waals surface area contributed by atoms with Crippen molar-refractivity contribution in [2.75, 3.05) is 26.0 Å². The van der Waals surface area contributed by atoms with E-state index in [1.54, 1.807) is 13.8 Å². The number of anilines is 1. The molecule has 0 bridgehead atoms. The van der Waals surface area contributed by atoms with Gasteiger partial charge in [-0.3, -0.25) is 0 Å². The van der Waals surface area contributed by atoms with E-state index in [1.165, 1.54) is 17.5 Å². The minimum Gasteiger partial charge on any atom is -0.399 e. The number of hydrogen-bond acceptors (Lipinski definition) is 4. The maximum atomic E-state index is 14.1. The van der Waals surface area contributed by atoms with E-state index in [2.05, 4.69) is 15.9 Å². The van der Waals surface area contributed by atoms with Crippen molar-refractivity contribution < 1.29 is 17.5 Å². The molecule has 2 N–H and O–H groups in total. The van der Waals surface area contributed by atoms with E-state index in [0.717, 1.165) is 6.07 Å². The Balaban J connectivity index is 3.35. The zero-order valence-corrected chi connectivity index (χ0v) is 14.0. The molecule has 0 amide bonds. The number of likely N-dealkylation sites (N-methyl/N-ethyl adjacent to an activating group) is 1. The van der Waals surface area contributed by atoms with Crippen LogP contribution in [0.5, 0.6) is 0 Å². The van der Waals surface area contributed by atoms with Gasteiger partial charge in [0, 0.05) is 25.4 Å². The van der Waals surface area contributed by atoms with Crippen LogP contribution in [0.1, 0.15) is 13.8 Å². The third-order valence-corrected chi connectivity index (χ3v) is 5.48. The molecular formula is C12H18BrFN2O3S. The van der Waals surface area contributed by atoms with Crippen molar-refractivity contribution >= 4 is 31.6 Å². The summed E-state index contributed by atoms with van der Waals surface area (Å²) in [4.78, 5) is -0.436. The van der Waals surface area contributed by atoms with Crippen molar-refractivity contribution in [1.29, 1.82) is 0 Å². The first-order valence-corrected chi connectivity index (χ1v) is 8.24. The van der Waals surface area contributed by atoms with Crippen LogP contribution in [-0.4, -0.2) is 39.0 Å². The van der Waals surface area contributed by atoms with Crippen LogP contribution in [0.25, 0.3) is 0 Å². The van der Waals surface area contributed by atoms with Gasteiger partial charge in [0.2, 0.25) is 10.0 Å². The smallest absolute Gasteiger partial charge is 0.246 e. The van der Waals surface area contributed by atoms with Gasteiger partial charge in [-0.25, -0.2) is 12.8 Å². The molecule has 0 aromatic heterocycles. The number of hydrogen-bond donors (Lipinski definition) is 1. The average molecular weight is 369 g/mol. The predicted octanol–water partition coefficient (Wildman–Crippen LogP) is 2.22. The Bertz CT molecular complexity index is 580. The first-order chi connectivity index (χ1) is 9.25. The second kappa shape index (κ2) is 6.84. The molecule has 1 aromatic rings. The highest BCUT2D eigenvalue weighted by Gasteiger charge is 2.31. The van der Waals surface area contributed by atoms with E-state index in [0.29, 0.717) is 0 Å². The van der Waals surface area contributed by atoms with Gasteiger partial charge in [-0.2, -0.15) is 4.31 Å². The fraction of sp³-hybridized carbons (Fsp3) is 0.500. The van der Waals surface area contributed by atoms with E-state index in [4.69, 9.17) is 10.5 Å². The zero-order chi connectivity index (χ0) is 15.5. The molecule has 0 aliphatic heterocycles. The standard InChI is InChI=1S/C12H18BrFN2O3S/c1-4-16(8(2)7-19-3)20(17,18)11-6-9(15)5-10(13)12(11)14/h5-6,8H,4,7,15H2,1-3H3. The number of nitrogens with two attached hydrogens (primary N) is 1. The van der Waals surface area contributed by atoms with Crippen LogP contribution in [-0.2, 0) is 14.8 Å². The summed E-state index contributed by atoms with van der Waals surface area (Å²) in [5.74, 6) is -0.845. The Morgan fingerprint density at radius 2 is 2.10 bits per heavy atom. The minimum absolute atomic E-state index is 0.0199. The third kappa shape index (κ3) is 3.49. The molecule has 1 rings (SSSR count). The van der Waals surface area contributed by atoms with Crippen LogP contribution in [0.3, 0.4) is 0 Å². The SMILES string of the molecule is CCN(C(C)COC)S(=O)(=O)c1cc(N)cc(Br)c1F. The monoisotopic (exact) mass is 368 g/mol. The Morgan fingerprint density at radius 1 is 1.50 bits per heavy atom. The third-order valence-electron chi connectivity index (χ3n) is 2.81. The van der Waals surface area contributed by atoms with E-state index in [-0.39, 0.29) is 23.3 Å². The number of nitrogen functional groups attached to an aromatic ring is 1. The molecule has 0 spiro atoms. The fourth-order valence-corrected chi connectivity index (χ4v) is 4.30. The molecule has 0 aliphatic rings. The first-order valence-electron chi connectivity index (χ1n) is 6.01.